The molecule has 2 rings (SSSR count). The molecular formula is C11H12N4O2. The Morgan fingerprint density at radius 2 is 2.24 bits per heavy atom. The third kappa shape index (κ3) is 2.41. The van der Waals surface area contributed by atoms with Crippen LogP contribution in [0.2, 0.25) is 0 Å². The number of amides is 1. The van der Waals surface area contributed by atoms with Crippen LogP contribution in [-0.4, -0.2) is 26.2 Å². The van der Waals surface area contributed by atoms with E-state index in [-0.39, 0.29) is 23.3 Å². The fourth-order valence-electron chi connectivity index (χ4n) is 1.43. The van der Waals surface area contributed by atoms with Crippen LogP contribution in [0, 0.1) is 0 Å². The lowest BCUT2D eigenvalue weighted by atomic mass is 10.2. The van der Waals surface area contributed by atoms with Gasteiger partial charge in [0.15, 0.2) is 0 Å². The first-order chi connectivity index (χ1) is 8.18. The molecule has 1 aromatic carbocycles. The van der Waals surface area contributed by atoms with E-state index in [2.05, 4.69) is 20.5 Å². The zero-order valence-electron chi connectivity index (χ0n) is 9.21. The maximum Gasteiger partial charge on any atom is 0.255 e. The number of aromatic amines is 1. The Morgan fingerprint density at radius 1 is 1.47 bits per heavy atom. The highest BCUT2D eigenvalue weighted by Crippen LogP contribution is 2.16. The number of aromatic nitrogens is 3. The van der Waals surface area contributed by atoms with E-state index in [4.69, 9.17) is 0 Å². The number of hydrogen-bond acceptors (Lipinski definition) is 4. The summed E-state index contributed by atoms with van der Waals surface area (Å²) in [5.41, 5.74) is 0.235. The van der Waals surface area contributed by atoms with E-state index in [9.17, 15) is 9.90 Å². The maximum atomic E-state index is 11.8. The smallest absolute Gasteiger partial charge is 0.255 e. The molecule has 6 heteroatoms. The number of rotatable bonds is 3. The lowest BCUT2D eigenvalue weighted by molar-refractivity contribution is 0.0935. The lowest BCUT2D eigenvalue weighted by Crippen LogP contribution is -2.27. The molecule has 88 valence electrons. The molecule has 0 fully saturated rings. The van der Waals surface area contributed by atoms with Crippen LogP contribution in [0.1, 0.15) is 29.1 Å². The molecule has 1 atom stereocenters. The van der Waals surface area contributed by atoms with Crippen LogP contribution in [0.15, 0.2) is 30.6 Å². The molecule has 0 aliphatic rings. The molecule has 0 saturated carbocycles. The van der Waals surface area contributed by atoms with Gasteiger partial charge in [0.1, 0.15) is 17.9 Å². The molecule has 0 bridgehead atoms. The fraction of sp³-hybridized carbons (Fsp3) is 0.182. The zero-order chi connectivity index (χ0) is 12.3. The van der Waals surface area contributed by atoms with Gasteiger partial charge in [-0.25, -0.2) is 4.98 Å². The minimum absolute atomic E-state index is 0.0465. The highest BCUT2D eigenvalue weighted by Gasteiger charge is 2.15. The van der Waals surface area contributed by atoms with Crippen molar-refractivity contribution in [2.45, 2.75) is 13.0 Å². The van der Waals surface area contributed by atoms with Crippen LogP contribution in [0.4, 0.5) is 0 Å². The standard InChI is InChI=1S/C11H12N4O2/c1-7(10-12-6-13-15-10)14-11(17)8-4-2-3-5-9(8)16/h2-7,16H,1H3,(H,14,17)(H,12,13,15). The number of H-pyrrole nitrogens is 1. The summed E-state index contributed by atoms with van der Waals surface area (Å²) in [5.74, 6) is 0.163. The van der Waals surface area contributed by atoms with E-state index in [1.165, 1.54) is 12.4 Å². The number of benzene rings is 1. The molecule has 6 nitrogen and oxygen atoms in total. The van der Waals surface area contributed by atoms with Crippen molar-refractivity contribution in [2.24, 2.45) is 0 Å². The zero-order valence-corrected chi connectivity index (χ0v) is 9.21. The molecule has 1 heterocycles. The van der Waals surface area contributed by atoms with E-state index >= 15 is 0 Å². The molecule has 17 heavy (non-hydrogen) atoms. The Bertz CT molecular complexity index is 510. The molecule has 3 N–H and O–H groups in total. The first-order valence-electron chi connectivity index (χ1n) is 5.12. The molecular weight excluding hydrogens is 220 g/mol. The molecule has 0 spiro atoms. The van der Waals surface area contributed by atoms with Crippen molar-refractivity contribution >= 4 is 5.91 Å². The van der Waals surface area contributed by atoms with E-state index in [1.54, 1.807) is 25.1 Å². The van der Waals surface area contributed by atoms with Gasteiger partial charge in [0.05, 0.1) is 11.6 Å². The molecule has 0 radical (unpaired) electrons. The molecule has 1 unspecified atom stereocenters. The van der Waals surface area contributed by atoms with E-state index < -0.39 is 0 Å². The number of phenols is 1. The monoisotopic (exact) mass is 232 g/mol. The summed E-state index contributed by atoms with van der Waals surface area (Å²) in [7, 11) is 0. The van der Waals surface area contributed by atoms with Crippen LogP contribution in [0.25, 0.3) is 0 Å². The van der Waals surface area contributed by atoms with E-state index in [0.717, 1.165) is 0 Å². The van der Waals surface area contributed by atoms with Gasteiger partial charge in [-0.2, -0.15) is 5.10 Å². The minimum atomic E-state index is -0.355. The van der Waals surface area contributed by atoms with Gasteiger partial charge in [-0.3, -0.25) is 9.89 Å². The van der Waals surface area contributed by atoms with Gasteiger partial charge >= 0.3 is 0 Å². The number of phenolic OH excluding ortho intramolecular Hbond substituents is 1. The van der Waals surface area contributed by atoms with Crippen molar-refractivity contribution < 1.29 is 9.90 Å². The van der Waals surface area contributed by atoms with E-state index in [0.29, 0.717) is 5.82 Å². The molecule has 2 aromatic rings. The molecule has 0 saturated heterocycles. The van der Waals surface area contributed by atoms with E-state index in [1.807, 2.05) is 0 Å². The number of carbonyl (C=O) groups excluding carboxylic acids is 1. The van der Waals surface area contributed by atoms with Crippen molar-refractivity contribution in [2.75, 3.05) is 0 Å². The second-order valence-corrected chi connectivity index (χ2v) is 3.58. The van der Waals surface area contributed by atoms with Crippen molar-refractivity contribution in [1.29, 1.82) is 0 Å². The Balaban J connectivity index is 2.10. The first kappa shape index (κ1) is 11.1. The highest BCUT2D eigenvalue weighted by molar-refractivity contribution is 5.96. The Labute approximate surface area is 97.7 Å². The second kappa shape index (κ2) is 4.65. The number of hydrogen-bond donors (Lipinski definition) is 3. The largest absolute Gasteiger partial charge is 0.507 e. The summed E-state index contributed by atoms with van der Waals surface area (Å²) in [4.78, 5) is 15.8. The summed E-state index contributed by atoms with van der Waals surface area (Å²) >= 11 is 0. The number of nitrogens with zero attached hydrogens (tertiary/aromatic N) is 2. The van der Waals surface area contributed by atoms with Gasteiger partial charge in [0.2, 0.25) is 0 Å². The minimum Gasteiger partial charge on any atom is -0.507 e. The summed E-state index contributed by atoms with van der Waals surface area (Å²) in [6.07, 6.45) is 1.37. The topological polar surface area (TPSA) is 90.9 Å². The van der Waals surface area contributed by atoms with Crippen molar-refractivity contribution in [3.8, 4) is 5.75 Å². The van der Waals surface area contributed by atoms with Gasteiger partial charge in [-0.1, -0.05) is 12.1 Å². The van der Waals surface area contributed by atoms with Crippen LogP contribution >= 0.6 is 0 Å². The molecule has 1 amide bonds. The third-order valence-corrected chi connectivity index (χ3v) is 2.34. The maximum absolute atomic E-state index is 11.8. The normalized spacial score (nSPS) is 12.1. The lowest BCUT2D eigenvalue weighted by Gasteiger charge is -2.11. The number of para-hydroxylation sites is 1. The number of nitrogens with one attached hydrogen (secondary N) is 2. The fourth-order valence-corrected chi connectivity index (χ4v) is 1.43. The first-order valence-corrected chi connectivity index (χ1v) is 5.12. The predicted octanol–water partition coefficient (Wildman–Crippen LogP) is 1.00. The average Bonchev–Trinajstić information content (AvgIpc) is 2.82. The summed E-state index contributed by atoms with van der Waals surface area (Å²) < 4.78 is 0. The van der Waals surface area contributed by atoms with Crippen LogP contribution in [0.5, 0.6) is 5.75 Å². The highest BCUT2D eigenvalue weighted by atomic mass is 16.3. The van der Waals surface area contributed by atoms with Crippen LogP contribution in [-0.2, 0) is 0 Å². The van der Waals surface area contributed by atoms with Gasteiger partial charge < -0.3 is 10.4 Å². The SMILES string of the molecule is CC(NC(=O)c1ccccc1O)c1ncn[nH]1. The van der Waals surface area contributed by atoms with Gasteiger partial charge in [-0.05, 0) is 19.1 Å². The summed E-state index contributed by atoms with van der Waals surface area (Å²) in [6.45, 7) is 1.78. The average molecular weight is 232 g/mol. The van der Waals surface area contributed by atoms with Crippen molar-refractivity contribution in [1.82, 2.24) is 20.5 Å². The number of aromatic hydroxyl groups is 1. The molecule has 0 aliphatic heterocycles. The second-order valence-electron chi connectivity index (χ2n) is 3.58. The van der Waals surface area contributed by atoms with Crippen LogP contribution in [0.3, 0.4) is 0 Å². The van der Waals surface area contributed by atoms with Gasteiger partial charge in [-0.15, -0.1) is 0 Å². The summed E-state index contributed by atoms with van der Waals surface area (Å²) in [5, 5.41) is 18.6. The Kier molecular flexibility index (Phi) is 3.04. The quantitative estimate of drug-likeness (QED) is 0.736. The predicted molar refractivity (Wildman–Crippen MR) is 60.4 cm³/mol. The van der Waals surface area contributed by atoms with Gasteiger partial charge in [0.25, 0.3) is 5.91 Å². The third-order valence-electron chi connectivity index (χ3n) is 2.34. The van der Waals surface area contributed by atoms with Crippen LogP contribution < -0.4 is 5.32 Å². The van der Waals surface area contributed by atoms with Crippen molar-refractivity contribution in [3.05, 3.63) is 42.0 Å². The Morgan fingerprint density at radius 3 is 2.88 bits per heavy atom. The molecule has 0 aliphatic carbocycles. The number of carbonyl (C=O) groups is 1. The van der Waals surface area contributed by atoms with Crippen molar-refractivity contribution in [3.63, 3.8) is 0 Å². The van der Waals surface area contributed by atoms with Gasteiger partial charge in [0, 0.05) is 0 Å². The molecule has 1 aromatic heterocycles. The Hall–Kier alpha value is -2.37. The summed E-state index contributed by atoms with van der Waals surface area (Å²) in [6, 6.07) is 6.07.